The Hall–Kier alpha value is -2.09. The van der Waals surface area contributed by atoms with Gasteiger partial charge in [-0.1, -0.05) is 30.3 Å². The zero-order valence-corrected chi connectivity index (χ0v) is 9.08. The number of anilines is 2. The molecule has 0 atom stereocenters. The molecule has 1 heterocycles. The summed E-state index contributed by atoms with van der Waals surface area (Å²) < 4.78 is 0. The van der Waals surface area contributed by atoms with Crippen molar-refractivity contribution in [1.29, 1.82) is 0 Å². The fraction of sp³-hybridized carbons (Fsp3) is 0.0714. The summed E-state index contributed by atoms with van der Waals surface area (Å²) in [4.78, 5) is 6.47. The van der Waals surface area contributed by atoms with Crippen molar-refractivity contribution >= 4 is 11.5 Å². The first kappa shape index (κ1) is 10.4. The van der Waals surface area contributed by atoms with E-state index in [1.54, 1.807) is 6.20 Å². The molecule has 0 aliphatic rings. The van der Waals surface area contributed by atoms with Crippen molar-refractivity contribution in [3.63, 3.8) is 0 Å². The molecule has 2 rings (SSSR count). The van der Waals surface area contributed by atoms with Crippen molar-refractivity contribution in [3.05, 3.63) is 67.4 Å². The lowest BCUT2D eigenvalue weighted by molar-refractivity contribution is 1.05. The third kappa shape index (κ3) is 2.28. The minimum Gasteiger partial charge on any atom is -0.323 e. The molecule has 0 saturated carbocycles. The molecular formula is C14H14N2. The van der Waals surface area contributed by atoms with Crippen LogP contribution < -0.4 is 4.90 Å². The predicted octanol–water partition coefficient (Wildman–Crippen LogP) is 3.41. The number of pyridine rings is 1. The van der Waals surface area contributed by atoms with Gasteiger partial charge < -0.3 is 4.90 Å². The van der Waals surface area contributed by atoms with Gasteiger partial charge in [0.25, 0.3) is 0 Å². The van der Waals surface area contributed by atoms with Crippen molar-refractivity contribution in [2.45, 2.75) is 0 Å². The van der Waals surface area contributed by atoms with E-state index in [1.165, 1.54) is 0 Å². The second-order valence-electron chi connectivity index (χ2n) is 3.42. The first-order chi connectivity index (χ1) is 7.92. The number of aromatic nitrogens is 1. The highest BCUT2D eigenvalue weighted by atomic mass is 15.2. The maximum Gasteiger partial charge on any atom is 0.133 e. The van der Waals surface area contributed by atoms with Crippen LogP contribution >= 0.6 is 0 Å². The second kappa shape index (κ2) is 5.12. The molecule has 1 aromatic heterocycles. The monoisotopic (exact) mass is 210 g/mol. The van der Waals surface area contributed by atoms with Crippen LogP contribution in [0.1, 0.15) is 0 Å². The Balaban J connectivity index is 2.35. The lowest BCUT2D eigenvalue weighted by Gasteiger charge is -2.21. The summed E-state index contributed by atoms with van der Waals surface area (Å²) in [6.45, 7) is 4.53. The van der Waals surface area contributed by atoms with Gasteiger partial charge in [0, 0.05) is 18.4 Å². The quantitative estimate of drug-likeness (QED) is 0.719. The van der Waals surface area contributed by atoms with Crippen LogP contribution in [0.15, 0.2) is 67.4 Å². The van der Waals surface area contributed by atoms with Gasteiger partial charge in [0.1, 0.15) is 5.82 Å². The average molecular weight is 210 g/mol. The Labute approximate surface area is 95.9 Å². The second-order valence-corrected chi connectivity index (χ2v) is 3.42. The molecular weight excluding hydrogens is 196 g/mol. The summed E-state index contributed by atoms with van der Waals surface area (Å²) in [5.74, 6) is 0.939. The Morgan fingerprint density at radius 3 is 2.44 bits per heavy atom. The van der Waals surface area contributed by atoms with E-state index in [0.717, 1.165) is 18.1 Å². The predicted molar refractivity (Wildman–Crippen MR) is 67.9 cm³/mol. The minimum atomic E-state index is 0.751. The van der Waals surface area contributed by atoms with Gasteiger partial charge >= 0.3 is 0 Å². The largest absolute Gasteiger partial charge is 0.323 e. The molecule has 16 heavy (non-hydrogen) atoms. The lowest BCUT2D eigenvalue weighted by atomic mass is 10.2. The molecule has 0 spiro atoms. The van der Waals surface area contributed by atoms with Crippen molar-refractivity contribution in [3.8, 4) is 0 Å². The standard InChI is InChI=1S/C14H14N2/c1-2-12-16(13-8-4-3-5-9-13)14-10-6-7-11-15-14/h2-11H,1,12H2. The minimum absolute atomic E-state index is 0.751. The molecule has 0 amide bonds. The van der Waals surface area contributed by atoms with E-state index in [-0.39, 0.29) is 0 Å². The number of hydrogen-bond donors (Lipinski definition) is 0. The number of benzene rings is 1. The Bertz CT molecular complexity index is 397. The van der Waals surface area contributed by atoms with E-state index in [4.69, 9.17) is 0 Å². The summed E-state index contributed by atoms with van der Waals surface area (Å²) >= 11 is 0. The highest BCUT2D eigenvalue weighted by molar-refractivity contribution is 5.59. The topological polar surface area (TPSA) is 16.1 Å². The SMILES string of the molecule is C=CCN(c1ccccc1)c1ccccn1. The maximum atomic E-state index is 4.35. The van der Waals surface area contributed by atoms with Gasteiger partial charge in [-0.05, 0) is 24.3 Å². The van der Waals surface area contributed by atoms with Gasteiger partial charge in [-0.25, -0.2) is 4.98 Å². The maximum absolute atomic E-state index is 4.35. The summed E-state index contributed by atoms with van der Waals surface area (Å²) in [5, 5.41) is 0. The molecule has 0 fully saturated rings. The first-order valence-electron chi connectivity index (χ1n) is 5.26. The molecule has 0 bridgehead atoms. The van der Waals surface area contributed by atoms with E-state index < -0.39 is 0 Å². The van der Waals surface area contributed by atoms with E-state index in [2.05, 4.69) is 28.6 Å². The Kier molecular flexibility index (Phi) is 3.34. The van der Waals surface area contributed by atoms with Crippen molar-refractivity contribution in [1.82, 2.24) is 4.98 Å². The molecule has 2 heteroatoms. The molecule has 0 aliphatic carbocycles. The zero-order chi connectivity index (χ0) is 11.2. The summed E-state index contributed by atoms with van der Waals surface area (Å²) in [7, 11) is 0. The van der Waals surface area contributed by atoms with Crippen LogP contribution in [0.25, 0.3) is 0 Å². The van der Waals surface area contributed by atoms with E-state index in [0.29, 0.717) is 0 Å². The van der Waals surface area contributed by atoms with Crippen molar-refractivity contribution in [2.75, 3.05) is 11.4 Å². The Morgan fingerprint density at radius 2 is 1.81 bits per heavy atom. The number of hydrogen-bond acceptors (Lipinski definition) is 2. The average Bonchev–Trinajstić information content (AvgIpc) is 2.38. The molecule has 80 valence electrons. The molecule has 1 aromatic carbocycles. The summed E-state index contributed by atoms with van der Waals surface area (Å²) in [6.07, 6.45) is 3.68. The molecule has 0 radical (unpaired) electrons. The van der Waals surface area contributed by atoms with Crippen LogP contribution in [-0.4, -0.2) is 11.5 Å². The molecule has 2 nitrogen and oxygen atoms in total. The fourth-order valence-corrected chi connectivity index (χ4v) is 1.58. The summed E-state index contributed by atoms with van der Waals surface area (Å²) in [5.41, 5.74) is 1.13. The van der Waals surface area contributed by atoms with Crippen LogP contribution in [0.4, 0.5) is 11.5 Å². The van der Waals surface area contributed by atoms with Crippen LogP contribution in [0.2, 0.25) is 0 Å². The molecule has 0 aliphatic heterocycles. The molecule has 0 unspecified atom stereocenters. The fourth-order valence-electron chi connectivity index (χ4n) is 1.58. The third-order valence-corrected chi connectivity index (χ3v) is 2.31. The third-order valence-electron chi connectivity index (χ3n) is 2.31. The van der Waals surface area contributed by atoms with Crippen LogP contribution in [0.5, 0.6) is 0 Å². The molecule has 2 aromatic rings. The van der Waals surface area contributed by atoms with E-state index in [9.17, 15) is 0 Å². The van der Waals surface area contributed by atoms with Gasteiger partial charge in [0.2, 0.25) is 0 Å². The van der Waals surface area contributed by atoms with Crippen molar-refractivity contribution < 1.29 is 0 Å². The van der Waals surface area contributed by atoms with Gasteiger partial charge in [-0.3, -0.25) is 0 Å². The number of nitrogens with zero attached hydrogens (tertiary/aromatic N) is 2. The number of rotatable bonds is 4. The number of para-hydroxylation sites is 1. The highest BCUT2D eigenvalue weighted by Gasteiger charge is 2.06. The summed E-state index contributed by atoms with van der Waals surface area (Å²) in [6, 6.07) is 16.1. The van der Waals surface area contributed by atoms with Gasteiger partial charge in [-0.15, -0.1) is 6.58 Å². The Morgan fingerprint density at radius 1 is 1.06 bits per heavy atom. The van der Waals surface area contributed by atoms with Gasteiger partial charge in [0.05, 0.1) is 0 Å². The molecule has 0 saturated heterocycles. The van der Waals surface area contributed by atoms with E-state index in [1.807, 2.05) is 42.5 Å². The lowest BCUT2D eigenvalue weighted by Crippen LogP contribution is -2.17. The first-order valence-corrected chi connectivity index (χ1v) is 5.26. The van der Waals surface area contributed by atoms with Gasteiger partial charge in [-0.2, -0.15) is 0 Å². The zero-order valence-electron chi connectivity index (χ0n) is 9.08. The van der Waals surface area contributed by atoms with Crippen LogP contribution in [0.3, 0.4) is 0 Å². The highest BCUT2D eigenvalue weighted by Crippen LogP contribution is 2.22. The van der Waals surface area contributed by atoms with Crippen LogP contribution in [0, 0.1) is 0 Å². The van der Waals surface area contributed by atoms with Crippen LogP contribution in [-0.2, 0) is 0 Å². The van der Waals surface area contributed by atoms with Crippen molar-refractivity contribution in [2.24, 2.45) is 0 Å². The smallest absolute Gasteiger partial charge is 0.133 e. The van der Waals surface area contributed by atoms with Gasteiger partial charge in [0.15, 0.2) is 0 Å². The normalized spacial score (nSPS) is 9.75. The van der Waals surface area contributed by atoms with E-state index >= 15 is 0 Å². The molecule has 0 N–H and O–H groups in total.